The lowest BCUT2D eigenvalue weighted by molar-refractivity contribution is -0.132. The fourth-order valence-corrected chi connectivity index (χ4v) is 6.16. The molecule has 1 aromatic carbocycles. The van der Waals surface area contributed by atoms with E-state index in [1.54, 1.807) is 37.3 Å². The molecule has 8 nitrogen and oxygen atoms in total. The van der Waals surface area contributed by atoms with E-state index in [0.29, 0.717) is 22.6 Å². The lowest BCUT2D eigenvalue weighted by Gasteiger charge is -2.21. The number of amides is 1. The third-order valence-corrected chi connectivity index (χ3v) is 8.00. The zero-order chi connectivity index (χ0) is 25.6. The van der Waals surface area contributed by atoms with Crippen LogP contribution < -0.4 is 9.64 Å². The zero-order valence-corrected chi connectivity index (χ0v) is 21.1. The van der Waals surface area contributed by atoms with Crippen molar-refractivity contribution >= 4 is 51.2 Å². The summed E-state index contributed by atoms with van der Waals surface area (Å²) in [5.41, 5.74) is 1.70. The van der Waals surface area contributed by atoms with Crippen LogP contribution in [0.3, 0.4) is 0 Å². The lowest BCUT2D eigenvalue weighted by Crippen LogP contribution is -2.29. The van der Waals surface area contributed by atoms with Gasteiger partial charge in [-0.3, -0.25) is 14.5 Å². The first-order valence-electron chi connectivity index (χ1n) is 11.2. The summed E-state index contributed by atoms with van der Waals surface area (Å²) in [6.07, 6.45) is 2.16. The van der Waals surface area contributed by atoms with Gasteiger partial charge in [-0.2, -0.15) is 0 Å². The monoisotopic (exact) mass is 522 g/mol. The molecule has 1 saturated heterocycles. The largest absolute Gasteiger partial charge is 0.507 e. The summed E-state index contributed by atoms with van der Waals surface area (Å²) < 4.78 is 10.9. The predicted molar refractivity (Wildman–Crippen MR) is 137 cm³/mol. The van der Waals surface area contributed by atoms with Crippen LogP contribution in [0.4, 0.5) is 5.13 Å². The molecule has 0 bridgehead atoms. The molecule has 10 heteroatoms. The summed E-state index contributed by atoms with van der Waals surface area (Å²) in [6, 6.07) is 7.92. The van der Waals surface area contributed by atoms with Gasteiger partial charge in [0.05, 0.1) is 11.3 Å². The number of aliphatic hydroxyl groups excluding tert-OH is 1. The number of carbonyl (C=O) groups is 3. The van der Waals surface area contributed by atoms with Crippen molar-refractivity contribution in [2.45, 2.75) is 32.4 Å². The van der Waals surface area contributed by atoms with Crippen molar-refractivity contribution in [3.05, 3.63) is 80.5 Å². The van der Waals surface area contributed by atoms with E-state index in [9.17, 15) is 19.5 Å². The molecule has 4 heterocycles. The molecule has 0 aliphatic carbocycles. The average molecular weight is 523 g/mol. The number of hydrogen-bond donors (Lipinski definition) is 1. The lowest BCUT2D eigenvalue weighted by atomic mass is 9.98. The number of benzene rings is 1. The normalized spacial score (nSPS) is 20.3. The van der Waals surface area contributed by atoms with Gasteiger partial charge in [0, 0.05) is 16.9 Å². The summed E-state index contributed by atoms with van der Waals surface area (Å²) in [5, 5.41) is 13.3. The number of carbonyl (C=O) groups excluding carboxylic acids is 3. The standard InChI is InChI=1S/C26H22N2O6S2/c1-4-9-33-25(32)23-14(3)27-26(36-23)28-20(18-6-5-10-35-18)19(22(30)24(28)31)21(29)15-7-8-17-16(12-15)11-13(2)34-17/h4-8,10,12-13,20,29H,1,9,11H2,2-3H3. The highest BCUT2D eigenvalue weighted by Gasteiger charge is 2.49. The molecule has 0 spiro atoms. The van der Waals surface area contributed by atoms with E-state index in [0.717, 1.165) is 22.6 Å². The van der Waals surface area contributed by atoms with Crippen molar-refractivity contribution in [1.29, 1.82) is 0 Å². The van der Waals surface area contributed by atoms with Crippen molar-refractivity contribution in [3.63, 3.8) is 0 Å². The van der Waals surface area contributed by atoms with Gasteiger partial charge in [-0.25, -0.2) is 9.78 Å². The quantitative estimate of drug-likeness (QED) is 0.163. The molecule has 5 rings (SSSR count). The van der Waals surface area contributed by atoms with E-state index >= 15 is 0 Å². The van der Waals surface area contributed by atoms with Crippen LogP contribution in [-0.2, 0) is 20.7 Å². The summed E-state index contributed by atoms with van der Waals surface area (Å²) in [7, 11) is 0. The number of aliphatic hydroxyl groups is 1. The van der Waals surface area contributed by atoms with Crippen LogP contribution in [-0.4, -0.2) is 40.5 Å². The summed E-state index contributed by atoms with van der Waals surface area (Å²) in [6.45, 7) is 7.16. The van der Waals surface area contributed by atoms with E-state index in [1.165, 1.54) is 22.3 Å². The van der Waals surface area contributed by atoms with Crippen molar-refractivity contribution in [2.24, 2.45) is 0 Å². The number of anilines is 1. The van der Waals surface area contributed by atoms with Gasteiger partial charge in [-0.15, -0.1) is 11.3 Å². The molecule has 2 atom stereocenters. The number of esters is 1. The van der Waals surface area contributed by atoms with Crippen molar-refractivity contribution < 1.29 is 29.0 Å². The number of rotatable bonds is 6. The van der Waals surface area contributed by atoms with Gasteiger partial charge in [0.15, 0.2) is 5.13 Å². The molecule has 1 fully saturated rings. The number of nitrogens with zero attached hydrogens (tertiary/aromatic N) is 2. The number of hydrogen-bond acceptors (Lipinski definition) is 9. The molecule has 36 heavy (non-hydrogen) atoms. The van der Waals surface area contributed by atoms with Crippen LogP contribution >= 0.6 is 22.7 Å². The van der Waals surface area contributed by atoms with Crippen LogP contribution in [0.5, 0.6) is 5.75 Å². The Morgan fingerprint density at radius 2 is 2.17 bits per heavy atom. The maximum atomic E-state index is 13.3. The summed E-state index contributed by atoms with van der Waals surface area (Å²) >= 11 is 2.32. The number of ether oxygens (including phenoxy) is 2. The molecule has 2 aromatic heterocycles. The molecule has 1 N–H and O–H groups in total. The van der Waals surface area contributed by atoms with E-state index in [2.05, 4.69) is 11.6 Å². The Hall–Kier alpha value is -3.76. The highest BCUT2D eigenvalue weighted by molar-refractivity contribution is 7.18. The van der Waals surface area contributed by atoms with Crippen molar-refractivity contribution in [3.8, 4) is 5.75 Å². The van der Waals surface area contributed by atoms with Gasteiger partial charge < -0.3 is 14.6 Å². The van der Waals surface area contributed by atoms with Gasteiger partial charge >= 0.3 is 11.9 Å². The first-order chi connectivity index (χ1) is 17.3. The van der Waals surface area contributed by atoms with Crippen LogP contribution in [0.15, 0.2) is 53.9 Å². The second-order valence-corrected chi connectivity index (χ2v) is 10.4. The van der Waals surface area contributed by atoms with Crippen LogP contribution in [0.25, 0.3) is 5.76 Å². The minimum absolute atomic E-state index is 0.0228. The maximum absolute atomic E-state index is 13.3. The average Bonchev–Trinajstić information content (AvgIpc) is 3.63. The van der Waals surface area contributed by atoms with E-state index in [1.807, 2.05) is 12.3 Å². The highest BCUT2D eigenvalue weighted by atomic mass is 32.1. The molecule has 184 valence electrons. The molecular weight excluding hydrogens is 500 g/mol. The Labute approximate surface area is 215 Å². The number of Topliss-reactive ketones (excluding diaryl/α,β-unsaturated/α-hetero) is 1. The molecule has 1 amide bonds. The minimum atomic E-state index is -0.893. The van der Waals surface area contributed by atoms with Crippen LogP contribution in [0, 0.1) is 6.92 Å². The Balaban J connectivity index is 1.61. The number of thiophene rings is 1. The topological polar surface area (TPSA) is 106 Å². The number of thiazole rings is 1. The molecular formula is C26H22N2O6S2. The first-order valence-corrected chi connectivity index (χ1v) is 12.9. The maximum Gasteiger partial charge on any atom is 0.350 e. The second kappa shape index (κ2) is 9.36. The SMILES string of the molecule is C=CCOC(=O)c1sc(N2C(=O)C(=O)C(=C(O)c3ccc4c(c3)CC(C)O4)C2c2cccs2)nc1C. The van der Waals surface area contributed by atoms with Crippen LogP contribution in [0.1, 0.15) is 44.3 Å². The van der Waals surface area contributed by atoms with E-state index < -0.39 is 23.7 Å². The minimum Gasteiger partial charge on any atom is -0.507 e. The number of ketones is 1. The van der Waals surface area contributed by atoms with Crippen molar-refractivity contribution in [2.75, 3.05) is 11.5 Å². The molecule has 0 radical (unpaired) electrons. The number of aryl methyl sites for hydroxylation is 1. The van der Waals surface area contributed by atoms with Gasteiger partial charge in [-0.05, 0) is 49.1 Å². The smallest absolute Gasteiger partial charge is 0.350 e. The number of fused-ring (bicyclic) bond motifs is 1. The zero-order valence-electron chi connectivity index (χ0n) is 19.5. The molecule has 2 unspecified atom stereocenters. The van der Waals surface area contributed by atoms with E-state index in [4.69, 9.17) is 9.47 Å². The van der Waals surface area contributed by atoms with E-state index in [-0.39, 0.29) is 34.1 Å². The predicted octanol–water partition coefficient (Wildman–Crippen LogP) is 4.81. The van der Waals surface area contributed by atoms with Gasteiger partial charge in [0.2, 0.25) is 0 Å². The summed E-state index contributed by atoms with van der Waals surface area (Å²) in [4.78, 5) is 45.6. The fourth-order valence-electron chi connectivity index (χ4n) is 4.35. The third kappa shape index (κ3) is 4.02. The Morgan fingerprint density at radius 3 is 2.89 bits per heavy atom. The third-order valence-electron chi connectivity index (χ3n) is 5.94. The molecule has 2 aliphatic heterocycles. The Bertz CT molecular complexity index is 1420. The van der Waals surface area contributed by atoms with Gasteiger partial charge in [-0.1, -0.05) is 30.1 Å². The van der Waals surface area contributed by atoms with Crippen molar-refractivity contribution in [1.82, 2.24) is 4.98 Å². The second-order valence-electron chi connectivity index (χ2n) is 8.44. The molecule has 2 aliphatic rings. The molecule has 3 aromatic rings. The Kier molecular flexibility index (Phi) is 6.23. The Morgan fingerprint density at radius 1 is 1.36 bits per heavy atom. The number of aromatic nitrogens is 1. The first kappa shape index (κ1) is 24.0. The highest BCUT2D eigenvalue weighted by Crippen LogP contribution is 2.45. The van der Waals surface area contributed by atoms with Gasteiger partial charge in [0.1, 0.15) is 35.1 Å². The van der Waals surface area contributed by atoms with Gasteiger partial charge in [0.25, 0.3) is 5.78 Å². The van der Waals surface area contributed by atoms with Crippen LogP contribution in [0.2, 0.25) is 0 Å². The summed E-state index contributed by atoms with van der Waals surface area (Å²) in [5.74, 6) is -1.76. The fraction of sp³-hybridized carbons (Fsp3) is 0.231. The molecule has 0 saturated carbocycles.